The van der Waals surface area contributed by atoms with Crippen molar-refractivity contribution in [2.45, 2.75) is 12.8 Å². The molecule has 88 valence electrons. The zero-order valence-electron chi connectivity index (χ0n) is 10.3. The molecule has 1 nitrogen and oxygen atoms in total. The van der Waals surface area contributed by atoms with Gasteiger partial charge in [0.25, 0.3) is 0 Å². The highest BCUT2D eigenvalue weighted by molar-refractivity contribution is 6.15. The summed E-state index contributed by atoms with van der Waals surface area (Å²) in [6.07, 6.45) is 2.07. The van der Waals surface area contributed by atoms with Crippen LogP contribution in [0.15, 0.2) is 71.7 Å². The van der Waals surface area contributed by atoms with Crippen LogP contribution in [-0.2, 0) is 6.42 Å². The van der Waals surface area contributed by atoms with Gasteiger partial charge in [-0.25, -0.2) is 4.99 Å². The van der Waals surface area contributed by atoms with E-state index in [2.05, 4.69) is 30.8 Å². The molecule has 1 heteroatoms. The first-order chi connectivity index (χ1) is 8.84. The number of fused-ring (bicyclic) bond motifs is 1. The van der Waals surface area contributed by atoms with E-state index in [0.717, 1.165) is 29.8 Å². The third-order valence-corrected chi connectivity index (χ3v) is 3.30. The zero-order chi connectivity index (χ0) is 12.4. The Morgan fingerprint density at radius 2 is 1.56 bits per heavy atom. The standard InChI is InChI=1S/C17H15N/c1-13-11-12-14-7-5-6-10-16(14)17(13)18-15-8-3-2-4-9-15/h2-10H,1,11-12H2. The van der Waals surface area contributed by atoms with Crippen molar-refractivity contribution in [1.29, 1.82) is 0 Å². The Balaban J connectivity index is 2.11. The fourth-order valence-corrected chi connectivity index (χ4v) is 2.33. The van der Waals surface area contributed by atoms with Crippen molar-refractivity contribution < 1.29 is 0 Å². The third kappa shape index (κ3) is 2.00. The van der Waals surface area contributed by atoms with Crippen LogP contribution in [0.25, 0.3) is 0 Å². The van der Waals surface area contributed by atoms with E-state index < -0.39 is 0 Å². The summed E-state index contributed by atoms with van der Waals surface area (Å²) >= 11 is 0. The molecule has 0 amide bonds. The van der Waals surface area contributed by atoms with Crippen LogP contribution < -0.4 is 0 Å². The van der Waals surface area contributed by atoms with E-state index in [1.807, 2.05) is 30.3 Å². The van der Waals surface area contributed by atoms with Gasteiger partial charge in [-0.1, -0.05) is 49.0 Å². The lowest BCUT2D eigenvalue weighted by Gasteiger charge is -2.20. The lowest BCUT2D eigenvalue weighted by Crippen LogP contribution is -2.14. The van der Waals surface area contributed by atoms with Crippen LogP contribution in [0.3, 0.4) is 0 Å². The first-order valence-corrected chi connectivity index (χ1v) is 6.25. The molecule has 0 atom stereocenters. The third-order valence-electron chi connectivity index (χ3n) is 3.30. The van der Waals surface area contributed by atoms with E-state index in [1.165, 1.54) is 11.1 Å². The number of benzene rings is 2. The smallest absolute Gasteiger partial charge is 0.0738 e. The van der Waals surface area contributed by atoms with E-state index in [-0.39, 0.29) is 0 Å². The molecule has 18 heavy (non-hydrogen) atoms. The quantitative estimate of drug-likeness (QED) is 0.696. The van der Waals surface area contributed by atoms with Gasteiger partial charge in [-0.2, -0.15) is 0 Å². The highest BCUT2D eigenvalue weighted by Gasteiger charge is 2.17. The average Bonchev–Trinajstić information content (AvgIpc) is 2.43. The first kappa shape index (κ1) is 11.0. The maximum absolute atomic E-state index is 4.76. The van der Waals surface area contributed by atoms with E-state index in [1.54, 1.807) is 0 Å². The lowest BCUT2D eigenvalue weighted by molar-refractivity contribution is 0.953. The van der Waals surface area contributed by atoms with Gasteiger partial charge in [0.05, 0.1) is 11.4 Å². The second kappa shape index (κ2) is 4.61. The molecule has 1 aliphatic carbocycles. The summed E-state index contributed by atoms with van der Waals surface area (Å²) in [5, 5.41) is 0. The number of nitrogens with zero attached hydrogens (tertiary/aromatic N) is 1. The highest BCUT2D eigenvalue weighted by Crippen LogP contribution is 2.26. The normalized spacial score (nSPS) is 16.7. The number of aliphatic imine (C=N–C) groups is 1. The molecule has 1 aliphatic rings. The van der Waals surface area contributed by atoms with Crippen molar-refractivity contribution in [3.63, 3.8) is 0 Å². The molecular formula is C17H15N. The number of rotatable bonds is 1. The molecule has 0 spiro atoms. The van der Waals surface area contributed by atoms with Crippen molar-refractivity contribution in [3.05, 3.63) is 77.9 Å². The van der Waals surface area contributed by atoms with E-state index in [4.69, 9.17) is 4.99 Å². The molecule has 0 N–H and O–H groups in total. The monoisotopic (exact) mass is 233 g/mol. The molecule has 0 aromatic heterocycles. The van der Waals surface area contributed by atoms with Crippen LogP contribution in [0.1, 0.15) is 17.5 Å². The Kier molecular flexibility index (Phi) is 2.81. The molecule has 0 saturated heterocycles. The van der Waals surface area contributed by atoms with E-state index in [0.29, 0.717) is 0 Å². The average molecular weight is 233 g/mol. The van der Waals surface area contributed by atoms with Gasteiger partial charge < -0.3 is 0 Å². The minimum Gasteiger partial charge on any atom is -0.248 e. The van der Waals surface area contributed by atoms with Crippen LogP contribution in [0.2, 0.25) is 0 Å². The Morgan fingerprint density at radius 3 is 2.39 bits per heavy atom. The van der Waals surface area contributed by atoms with Gasteiger partial charge in [-0.05, 0) is 36.1 Å². The largest absolute Gasteiger partial charge is 0.248 e. The fourth-order valence-electron chi connectivity index (χ4n) is 2.33. The van der Waals surface area contributed by atoms with Gasteiger partial charge in [0.1, 0.15) is 0 Å². The predicted molar refractivity (Wildman–Crippen MR) is 76.5 cm³/mol. The Labute approximate surface area is 108 Å². The topological polar surface area (TPSA) is 12.4 Å². The molecule has 0 bridgehead atoms. The van der Waals surface area contributed by atoms with E-state index in [9.17, 15) is 0 Å². The molecule has 0 aliphatic heterocycles. The maximum atomic E-state index is 4.76. The Bertz CT molecular complexity index is 609. The predicted octanol–water partition coefficient (Wildman–Crippen LogP) is 4.31. The SMILES string of the molecule is C=C1CCc2ccccc2C1=Nc1ccccc1. The number of hydrogen-bond donors (Lipinski definition) is 0. The Morgan fingerprint density at radius 1 is 0.833 bits per heavy atom. The minimum atomic E-state index is 0.991. The summed E-state index contributed by atoms with van der Waals surface area (Å²) in [5.41, 5.74) is 5.78. The summed E-state index contributed by atoms with van der Waals surface area (Å²) in [6, 6.07) is 18.6. The van der Waals surface area contributed by atoms with Crippen molar-refractivity contribution in [3.8, 4) is 0 Å². The van der Waals surface area contributed by atoms with Crippen molar-refractivity contribution in [2.75, 3.05) is 0 Å². The van der Waals surface area contributed by atoms with Crippen LogP contribution in [0.5, 0.6) is 0 Å². The number of aryl methyl sites for hydroxylation is 1. The summed E-state index contributed by atoms with van der Waals surface area (Å²) in [6.45, 7) is 4.16. The molecule has 2 aromatic rings. The van der Waals surface area contributed by atoms with Gasteiger partial charge in [-0.3, -0.25) is 0 Å². The van der Waals surface area contributed by atoms with Crippen molar-refractivity contribution in [1.82, 2.24) is 0 Å². The molecule has 0 radical (unpaired) electrons. The number of para-hydroxylation sites is 1. The Hall–Kier alpha value is -2.15. The van der Waals surface area contributed by atoms with Crippen molar-refractivity contribution in [2.24, 2.45) is 4.99 Å². The molecule has 0 unspecified atom stereocenters. The fraction of sp³-hybridized carbons (Fsp3) is 0.118. The first-order valence-electron chi connectivity index (χ1n) is 6.25. The molecule has 2 aromatic carbocycles. The molecule has 3 rings (SSSR count). The molecule has 0 fully saturated rings. The van der Waals surface area contributed by atoms with Gasteiger partial charge in [-0.15, -0.1) is 0 Å². The van der Waals surface area contributed by atoms with Crippen molar-refractivity contribution >= 4 is 11.4 Å². The van der Waals surface area contributed by atoms with Gasteiger partial charge in [0.2, 0.25) is 0 Å². The summed E-state index contributed by atoms with van der Waals surface area (Å²) in [7, 11) is 0. The maximum Gasteiger partial charge on any atom is 0.0738 e. The van der Waals surface area contributed by atoms with Crippen LogP contribution >= 0.6 is 0 Å². The molecular weight excluding hydrogens is 218 g/mol. The van der Waals surface area contributed by atoms with Crippen LogP contribution in [0.4, 0.5) is 5.69 Å². The van der Waals surface area contributed by atoms with E-state index >= 15 is 0 Å². The molecule has 0 saturated carbocycles. The zero-order valence-corrected chi connectivity index (χ0v) is 10.3. The number of hydrogen-bond acceptors (Lipinski definition) is 1. The second-order valence-corrected chi connectivity index (χ2v) is 4.56. The second-order valence-electron chi connectivity index (χ2n) is 4.56. The molecule has 0 heterocycles. The minimum absolute atomic E-state index is 0.991. The summed E-state index contributed by atoms with van der Waals surface area (Å²) in [4.78, 5) is 4.76. The van der Waals surface area contributed by atoms with Gasteiger partial charge >= 0.3 is 0 Å². The summed E-state index contributed by atoms with van der Waals surface area (Å²) < 4.78 is 0. The van der Waals surface area contributed by atoms with Gasteiger partial charge in [0.15, 0.2) is 0 Å². The van der Waals surface area contributed by atoms with Crippen LogP contribution in [0, 0.1) is 0 Å². The van der Waals surface area contributed by atoms with Gasteiger partial charge in [0, 0.05) is 5.56 Å². The van der Waals surface area contributed by atoms with Crippen LogP contribution in [-0.4, -0.2) is 5.71 Å². The number of allylic oxidation sites excluding steroid dienone is 1. The summed E-state index contributed by atoms with van der Waals surface area (Å²) in [5.74, 6) is 0. The lowest BCUT2D eigenvalue weighted by atomic mass is 9.87. The highest BCUT2D eigenvalue weighted by atomic mass is 14.8.